The zero-order valence-electron chi connectivity index (χ0n) is 16.2. The van der Waals surface area contributed by atoms with Crippen LogP contribution in [-0.2, 0) is 19.1 Å². The number of ether oxygens (including phenoxy) is 2. The van der Waals surface area contributed by atoms with E-state index in [1.807, 2.05) is 0 Å². The van der Waals surface area contributed by atoms with E-state index in [4.69, 9.17) is 9.47 Å². The van der Waals surface area contributed by atoms with E-state index in [0.29, 0.717) is 25.0 Å². The molecule has 6 heteroatoms. The second-order valence-corrected chi connectivity index (χ2v) is 7.56. The summed E-state index contributed by atoms with van der Waals surface area (Å²) in [6, 6.07) is 5.33. The van der Waals surface area contributed by atoms with Crippen LogP contribution in [0.1, 0.15) is 69.9 Å². The van der Waals surface area contributed by atoms with Crippen molar-refractivity contribution in [3.8, 4) is 0 Å². The van der Waals surface area contributed by atoms with Crippen molar-refractivity contribution in [3.05, 3.63) is 35.9 Å². The smallest absolute Gasteiger partial charge is 0.305 e. The van der Waals surface area contributed by atoms with Crippen LogP contribution in [0.3, 0.4) is 0 Å². The molecule has 1 aromatic heterocycles. The number of cyclic esters (lactones) is 1. The fourth-order valence-corrected chi connectivity index (χ4v) is 3.72. The molecule has 5 nitrogen and oxygen atoms in total. The van der Waals surface area contributed by atoms with Gasteiger partial charge < -0.3 is 9.47 Å². The number of epoxide rings is 1. The van der Waals surface area contributed by atoms with Crippen LogP contribution in [0.4, 0.5) is 4.39 Å². The fraction of sp³-hybridized carbons (Fsp3) is 0.591. The standard InChI is InChI=1S/C22H28FNO4/c23-19(16-17-8-5-6-14-24-17)22-13-15-27-21(26)12-7-10-18(25)9-3-1-2-4-11-20(22)28-22/h5-6,8,14,16,20H,1-4,7,9-13,15H2. The molecule has 0 bridgehead atoms. The highest BCUT2D eigenvalue weighted by molar-refractivity contribution is 5.79. The first-order valence-electron chi connectivity index (χ1n) is 10.2. The van der Waals surface area contributed by atoms with Crippen LogP contribution in [0, 0.1) is 0 Å². The van der Waals surface area contributed by atoms with Gasteiger partial charge in [-0.15, -0.1) is 0 Å². The molecule has 2 aliphatic rings. The minimum absolute atomic E-state index is 0.104. The topological polar surface area (TPSA) is 68.8 Å². The Morgan fingerprint density at radius 1 is 1.11 bits per heavy atom. The third-order valence-corrected chi connectivity index (χ3v) is 5.43. The number of hydrogen-bond donors (Lipinski definition) is 0. The number of pyridine rings is 1. The number of fused-ring (bicyclic) bond motifs is 1. The number of nitrogens with zero attached hydrogens (tertiary/aromatic N) is 1. The molecule has 2 aliphatic heterocycles. The maximum Gasteiger partial charge on any atom is 0.305 e. The molecule has 28 heavy (non-hydrogen) atoms. The molecule has 3 heterocycles. The maximum atomic E-state index is 15.1. The number of Topliss-reactive ketones (excluding diaryl/α,β-unsaturated/α-hetero) is 1. The average molecular weight is 389 g/mol. The van der Waals surface area contributed by atoms with Gasteiger partial charge in [0.2, 0.25) is 0 Å². The molecule has 0 radical (unpaired) electrons. The number of ketones is 1. The number of aromatic nitrogens is 1. The van der Waals surface area contributed by atoms with Crippen molar-refractivity contribution in [2.75, 3.05) is 6.61 Å². The Hall–Kier alpha value is -2.08. The lowest BCUT2D eigenvalue weighted by Crippen LogP contribution is -2.21. The SMILES string of the molecule is O=C1CCCCCCC2OC2(C(F)=Cc2ccccn2)CCOC(=O)CCC1. The van der Waals surface area contributed by atoms with Crippen molar-refractivity contribution < 1.29 is 23.5 Å². The van der Waals surface area contributed by atoms with E-state index < -0.39 is 5.60 Å². The van der Waals surface area contributed by atoms with Gasteiger partial charge in [-0.25, -0.2) is 4.39 Å². The first-order valence-corrected chi connectivity index (χ1v) is 10.2. The average Bonchev–Trinajstić information content (AvgIpc) is 3.39. The summed E-state index contributed by atoms with van der Waals surface area (Å²) >= 11 is 0. The molecule has 0 N–H and O–H groups in total. The molecular weight excluding hydrogens is 361 g/mol. The van der Waals surface area contributed by atoms with Crippen LogP contribution < -0.4 is 0 Å². The Morgan fingerprint density at radius 2 is 1.93 bits per heavy atom. The summed E-state index contributed by atoms with van der Waals surface area (Å²) < 4.78 is 26.1. The molecule has 3 rings (SSSR count). The highest BCUT2D eigenvalue weighted by Gasteiger charge is 2.59. The Morgan fingerprint density at radius 3 is 2.75 bits per heavy atom. The third kappa shape index (κ3) is 5.71. The molecule has 0 spiro atoms. The maximum absolute atomic E-state index is 15.1. The van der Waals surface area contributed by atoms with E-state index in [2.05, 4.69) is 4.98 Å². The van der Waals surface area contributed by atoms with Crippen LogP contribution in [0.2, 0.25) is 0 Å². The van der Waals surface area contributed by atoms with E-state index in [-0.39, 0.29) is 43.1 Å². The Labute approximate surface area is 165 Å². The number of carbonyl (C=O) groups excluding carboxylic acids is 2. The molecule has 0 amide bonds. The summed E-state index contributed by atoms with van der Waals surface area (Å²) in [6.45, 7) is 0.104. The van der Waals surface area contributed by atoms with Crippen molar-refractivity contribution in [1.29, 1.82) is 0 Å². The summed E-state index contributed by atoms with van der Waals surface area (Å²) in [7, 11) is 0. The lowest BCUT2D eigenvalue weighted by atomic mass is 9.95. The van der Waals surface area contributed by atoms with Gasteiger partial charge in [-0.2, -0.15) is 0 Å². The molecule has 2 atom stereocenters. The summed E-state index contributed by atoms with van der Waals surface area (Å²) in [6.07, 6.45) is 9.37. The molecule has 2 fully saturated rings. The zero-order chi connectivity index (χ0) is 19.8. The largest absolute Gasteiger partial charge is 0.466 e. The van der Waals surface area contributed by atoms with Gasteiger partial charge in [0.25, 0.3) is 0 Å². The van der Waals surface area contributed by atoms with Crippen molar-refractivity contribution in [1.82, 2.24) is 4.98 Å². The minimum Gasteiger partial charge on any atom is -0.466 e. The van der Waals surface area contributed by atoms with Crippen molar-refractivity contribution >= 4 is 17.8 Å². The summed E-state index contributed by atoms with van der Waals surface area (Å²) in [5, 5.41) is 0. The van der Waals surface area contributed by atoms with Gasteiger partial charge in [0, 0.05) is 31.9 Å². The molecule has 1 aromatic rings. The molecule has 0 saturated carbocycles. The van der Waals surface area contributed by atoms with Crippen LogP contribution in [0.25, 0.3) is 6.08 Å². The van der Waals surface area contributed by atoms with Gasteiger partial charge >= 0.3 is 5.97 Å². The van der Waals surface area contributed by atoms with E-state index in [0.717, 1.165) is 32.1 Å². The van der Waals surface area contributed by atoms with Crippen molar-refractivity contribution in [2.45, 2.75) is 75.9 Å². The molecular formula is C22H28FNO4. The van der Waals surface area contributed by atoms with Gasteiger partial charge in [-0.05, 0) is 37.5 Å². The Bertz CT molecular complexity index is 706. The Balaban J connectivity index is 1.65. The zero-order valence-corrected chi connectivity index (χ0v) is 16.2. The monoisotopic (exact) mass is 389 g/mol. The van der Waals surface area contributed by atoms with E-state index in [9.17, 15) is 9.59 Å². The van der Waals surface area contributed by atoms with Crippen molar-refractivity contribution in [2.24, 2.45) is 0 Å². The van der Waals surface area contributed by atoms with Crippen LogP contribution in [0.15, 0.2) is 30.2 Å². The first-order chi connectivity index (χ1) is 13.6. The fourth-order valence-electron chi connectivity index (χ4n) is 3.72. The lowest BCUT2D eigenvalue weighted by Gasteiger charge is -2.12. The number of carbonyl (C=O) groups is 2. The predicted octanol–water partition coefficient (Wildman–Crippen LogP) is 4.56. The highest BCUT2D eigenvalue weighted by Crippen LogP contribution is 2.49. The second kappa shape index (κ2) is 9.92. The summed E-state index contributed by atoms with van der Waals surface area (Å²) in [5.41, 5.74) is -0.470. The summed E-state index contributed by atoms with van der Waals surface area (Å²) in [5.74, 6) is -0.494. The lowest BCUT2D eigenvalue weighted by molar-refractivity contribution is -0.144. The molecule has 152 valence electrons. The Kier molecular flexibility index (Phi) is 7.31. The van der Waals surface area contributed by atoms with Crippen LogP contribution >= 0.6 is 0 Å². The molecule has 0 aromatic carbocycles. The first kappa shape index (κ1) is 20.6. The minimum atomic E-state index is -1.01. The highest BCUT2D eigenvalue weighted by atomic mass is 19.1. The van der Waals surface area contributed by atoms with Gasteiger partial charge in [-0.3, -0.25) is 14.6 Å². The summed E-state index contributed by atoms with van der Waals surface area (Å²) in [4.78, 5) is 27.8. The predicted molar refractivity (Wildman–Crippen MR) is 103 cm³/mol. The van der Waals surface area contributed by atoms with Crippen LogP contribution in [0.5, 0.6) is 0 Å². The van der Waals surface area contributed by atoms with Gasteiger partial charge in [-0.1, -0.05) is 25.3 Å². The quantitative estimate of drug-likeness (QED) is 0.548. The normalized spacial score (nSPS) is 28.3. The van der Waals surface area contributed by atoms with Gasteiger partial charge in [0.1, 0.15) is 17.2 Å². The van der Waals surface area contributed by atoms with Gasteiger partial charge in [0.05, 0.1) is 18.4 Å². The third-order valence-electron chi connectivity index (χ3n) is 5.43. The van der Waals surface area contributed by atoms with Gasteiger partial charge in [0.15, 0.2) is 0 Å². The molecule has 0 aliphatic carbocycles. The van der Waals surface area contributed by atoms with E-state index in [1.54, 1.807) is 24.4 Å². The molecule has 2 saturated heterocycles. The number of halogens is 1. The van der Waals surface area contributed by atoms with Crippen LogP contribution in [-0.4, -0.2) is 35.0 Å². The second-order valence-electron chi connectivity index (χ2n) is 7.56. The van der Waals surface area contributed by atoms with E-state index in [1.165, 1.54) is 6.08 Å². The molecule has 2 unspecified atom stereocenters. The number of hydrogen-bond acceptors (Lipinski definition) is 5. The van der Waals surface area contributed by atoms with E-state index >= 15 is 4.39 Å². The van der Waals surface area contributed by atoms with Crippen molar-refractivity contribution in [3.63, 3.8) is 0 Å². The number of esters is 1. The number of rotatable bonds is 2.